The molecule has 0 aromatic heterocycles. The number of rotatable bonds is 5. The SMILES string of the molecule is NS(=O)(=O)c1ccc(CCNC(=O)c2ccccc2I)cc1. The molecule has 7 heteroatoms. The second-order valence-electron chi connectivity index (χ2n) is 4.67. The van der Waals surface area contributed by atoms with Gasteiger partial charge in [-0.05, 0) is 58.8 Å². The predicted octanol–water partition coefficient (Wildman–Crippen LogP) is 1.91. The lowest BCUT2D eigenvalue weighted by Gasteiger charge is -2.07. The summed E-state index contributed by atoms with van der Waals surface area (Å²) in [7, 11) is -3.66. The molecule has 1 amide bonds. The van der Waals surface area contributed by atoms with Crippen molar-refractivity contribution in [2.45, 2.75) is 11.3 Å². The highest BCUT2D eigenvalue weighted by atomic mass is 127. The Hall–Kier alpha value is -1.45. The highest BCUT2D eigenvalue weighted by molar-refractivity contribution is 14.1. The van der Waals surface area contributed by atoms with Crippen molar-refractivity contribution < 1.29 is 13.2 Å². The van der Waals surface area contributed by atoms with Gasteiger partial charge >= 0.3 is 0 Å². The number of hydrogen-bond donors (Lipinski definition) is 2. The summed E-state index contributed by atoms with van der Waals surface area (Å²) in [6.45, 7) is 0.471. The van der Waals surface area contributed by atoms with Gasteiger partial charge in [0.05, 0.1) is 10.5 Å². The number of nitrogens with one attached hydrogen (secondary N) is 1. The summed E-state index contributed by atoms with van der Waals surface area (Å²) in [5, 5.41) is 7.89. The Morgan fingerprint density at radius 1 is 1.09 bits per heavy atom. The standard InChI is InChI=1S/C15H15IN2O3S/c16-14-4-2-1-3-13(14)15(19)18-10-9-11-5-7-12(8-6-11)22(17,20)21/h1-8H,9-10H2,(H,18,19)(H2,17,20,21). The molecule has 2 rings (SSSR count). The van der Waals surface area contributed by atoms with Crippen LogP contribution in [0.15, 0.2) is 53.4 Å². The summed E-state index contributed by atoms with van der Waals surface area (Å²) < 4.78 is 23.2. The third kappa shape index (κ3) is 4.52. The summed E-state index contributed by atoms with van der Waals surface area (Å²) in [6, 6.07) is 13.7. The minimum atomic E-state index is -3.66. The summed E-state index contributed by atoms with van der Waals surface area (Å²) in [5.41, 5.74) is 1.57. The smallest absolute Gasteiger partial charge is 0.252 e. The normalized spacial score (nSPS) is 11.2. The van der Waals surface area contributed by atoms with E-state index in [4.69, 9.17) is 5.14 Å². The van der Waals surface area contributed by atoms with Gasteiger partial charge in [0.1, 0.15) is 0 Å². The van der Waals surface area contributed by atoms with Crippen LogP contribution in [0, 0.1) is 3.57 Å². The van der Waals surface area contributed by atoms with Crippen LogP contribution in [0.2, 0.25) is 0 Å². The van der Waals surface area contributed by atoms with E-state index in [-0.39, 0.29) is 10.8 Å². The number of carbonyl (C=O) groups excluding carboxylic acids is 1. The molecular weight excluding hydrogens is 415 g/mol. The zero-order chi connectivity index (χ0) is 16.2. The first-order chi connectivity index (χ1) is 10.4. The topological polar surface area (TPSA) is 89.3 Å². The number of hydrogen-bond acceptors (Lipinski definition) is 3. The van der Waals surface area contributed by atoms with E-state index in [1.165, 1.54) is 12.1 Å². The monoisotopic (exact) mass is 430 g/mol. The number of sulfonamides is 1. The Labute approximate surface area is 143 Å². The van der Waals surface area contributed by atoms with Crippen molar-refractivity contribution >= 4 is 38.5 Å². The zero-order valence-corrected chi connectivity index (χ0v) is 14.6. The highest BCUT2D eigenvalue weighted by Gasteiger charge is 2.09. The molecule has 0 aliphatic rings. The second kappa shape index (κ2) is 7.21. The average Bonchev–Trinajstić information content (AvgIpc) is 2.47. The molecule has 0 spiro atoms. The molecule has 22 heavy (non-hydrogen) atoms. The van der Waals surface area contributed by atoms with Gasteiger partial charge in [-0.3, -0.25) is 4.79 Å². The summed E-state index contributed by atoms with van der Waals surface area (Å²) >= 11 is 2.12. The van der Waals surface area contributed by atoms with Crippen LogP contribution in [-0.4, -0.2) is 20.9 Å². The van der Waals surface area contributed by atoms with Crippen molar-refractivity contribution in [3.8, 4) is 0 Å². The van der Waals surface area contributed by atoms with Crippen molar-refractivity contribution in [3.63, 3.8) is 0 Å². The fourth-order valence-corrected chi connectivity index (χ4v) is 3.05. The molecule has 2 aromatic carbocycles. The Kier molecular flexibility index (Phi) is 5.54. The Morgan fingerprint density at radius 2 is 1.73 bits per heavy atom. The molecule has 5 nitrogen and oxygen atoms in total. The van der Waals surface area contributed by atoms with Crippen LogP contribution in [0.4, 0.5) is 0 Å². The van der Waals surface area contributed by atoms with Gasteiger partial charge in [0.2, 0.25) is 10.0 Å². The number of halogens is 1. The molecule has 0 aliphatic carbocycles. The summed E-state index contributed by atoms with van der Waals surface area (Å²) in [4.78, 5) is 12.1. The molecule has 0 bridgehead atoms. The van der Waals surface area contributed by atoms with Gasteiger partial charge < -0.3 is 5.32 Å². The first kappa shape index (κ1) is 16.9. The fourth-order valence-electron chi connectivity index (χ4n) is 1.91. The lowest BCUT2D eigenvalue weighted by Crippen LogP contribution is -2.26. The lowest BCUT2D eigenvalue weighted by atomic mass is 10.1. The zero-order valence-electron chi connectivity index (χ0n) is 11.6. The number of amides is 1. The molecule has 0 fully saturated rings. The number of carbonyl (C=O) groups is 1. The third-order valence-corrected chi connectivity index (χ3v) is 4.94. The van der Waals surface area contributed by atoms with Gasteiger partial charge in [-0.25, -0.2) is 13.6 Å². The van der Waals surface area contributed by atoms with Gasteiger partial charge in [-0.1, -0.05) is 24.3 Å². The van der Waals surface area contributed by atoms with Gasteiger partial charge in [-0.15, -0.1) is 0 Å². The van der Waals surface area contributed by atoms with Crippen LogP contribution in [0.3, 0.4) is 0 Å². The molecule has 0 radical (unpaired) electrons. The van der Waals surface area contributed by atoms with Crippen LogP contribution >= 0.6 is 22.6 Å². The molecule has 2 aromatic rings. The Balaban J connectivity index is 1.92. The molecule has 3 N–H and O–H groups in total. The van der Waals surface area contributed by atoms with Gasteiger partial charge in [0.15, 0.2) is 0 Å². The summed E-state index contributed by atoms with van der Waals surface area (Å²) in [6.07, 6.45) is 0.611. The molecule has 0 saturated carbocycles. The molecule has 0 aliphatic heterocycles. The van der Waals surface area contributed by atoms with E-state index in [0.717, 1.165) is 9.13 Å². The van der Waals surface area contributed by atoms with E-state index in [1.54, 1.807) is 18.2 Å². The van der Waals surface area contributed by atoms with Gasteiger partial charge in [-0.2, -0.15) is 0 Å². The van der Waals surface area contributed by atoms with Crippen LogP contribution in [-0.2, 0) is 16.4 Å². The number of primary sulfonamides is 1. The van der Waals surface area contributed by atoms with Crippen LogP contribution in [0.1, 0.15) is 15.9 Å². The van der Waals surface area contributed by atoms with E-state index < -0.39 is 10.0 Å². The van der Waals surface area contributed by atoms with Crippen molar-refractivity contribution in [2.75, 3.05) is 6.54 Å². The summed E-state index contributed by atoms with van der Waals surface area (Å²) in [5.74, 6) is -0.119. The maximum atomic E-state index is 12.0. The van der Waals surface area contributed by atoms with E-state index in [0.29, 0.717) is 18.5 Å². The minimum absolute atomic E-state index is 0.0825. The van der Waals surface area contributed by atoms with Gasteiger partial charge in [0.25, 0.3) is 5.91 Å². The van der Waals surface area contributed by atoms with Crippen LogP contribution in [0.5, 0.6) is 0 Å². The highest BCUT2D eigenvalue weighted by Crippen LogP contribution is 2.11. The van der Waals surface area contributed by atoms with Crippen LogP contribution < -0.4 is 10.5 Å². The quantitative estimate of drug-likeness (QED) is 0.711. The average molecular weight is 430 g/mol. The molecule has 116 valence electrons. The van der Waals surface area contributed by atoms with E-state index in [2.05, 4.69) is 27.9 Å². The molecule has 0 heterocycles. The largest absolute Gasteiger partial charge is 0.352 e. The third-order valence-electron chi connectivity index (χ3n) is 3.07. The van der Waals surface area contributed by atoms with Crippen LogP contribution in [0.25, 0.3) is 0 Å². The van der Waals surface area contributed by atoms with Crippen molar-refractivity contribution in [1.82, 2.24) is 5.32 Å². The van der Waals surface area contributed by atoms with E-state index in [1.807, 2.05) is 18.2 Å². The number of benzene rings is 2. The lowest BCUT2D eigenvalue weighted by molar-refractivity contribution is 0.0953. The second-order valence-corrected chi connectivity index (χ2v) is 7.40. The molecular formula is C15H15IN2O3S. The Morgan fingerprint density at radius 3 is 2.32 bits per heavy atom. The predicted molar refractivity (Wildman–Crippen MR) is 93.0 cm³/mol. The van der Waals surface area contributed by atoms with Crippen molar-refractivity contribution in [1.29, 1.82) is 0 Å². The minimum Gasteiger partial charge on any atom is -0.352 e. The molecule has 0 atom stereocenters. The maximum absolute atomic E-state index is 12.0. The fraction of sp³-hybridized carbons (Fsp3) is 0.133. The first-order valence-electron chi connectivity index (χ1n) is 6.52. The number of nitrogens with two attached hydrogens (primary N) is 1. The van der Waals surface area contributed by atoms with E-state index >= 15 is 0 Å². The molecule has 0 unspecified atom stereocenters. The maximum Gasteiger partial charge on any atom is 0.252 e. The van der Waals surface area contributed by atoms with Crippen molar-refractivity contribution in [2.24, 2.45) is 5.14 Å². The van der Waals surface area contributed by atoms with Crippen molar-refractivity contribution in [3.05, 3.63) is 63.2 Å². The molecule has 0 saturated heterocycles. The van der Waals surface area contributed by atoms with E-state index in [9.17, 15) is 13.2 Å². The van der Waals surface area contributed by atoms with Gasteiger partial charge in [0, 0.05) is 10.1 Å². The first-order valence-corrected chi connectivity index (χ1v) is 9.15. The Bertz CT molecular complexity index is 774.